The summed E-state index contributed by atoms with van der Waals surface area (Å²) in [6.45, 7) is -0.891. The van der Waals surface area contributed by atoms with Crippen molar-refractivity contribution in [2.45, 2.75) is 25.5 Å². The van der Waals surface area contributed by atoms with Crippen LogP contribution in [0, 0.1) is 11.6 Å². The van der Waals surface area contributed by atoms with Crippen LogP contribution in [-0.4, -0.2) is 9.78 Å². The van der Waals surface area contributed by atoms with E-state index in [1.807, 2.05) is 0 Å². The van der Waals surface area contributed by atoms with E-state index in [1.54, 1.807) is 6.07 Å². The minimum absolute atomic E-state index is 0.0606. The molecule has 1 aromatic heterocycles. The van der Waals surface area contributed by atoms with Gasteiger partial charge in [0.25, 0.3) is 0 Å². The number of fused-ring (bicyclic) bond motifs is 1. The van der Waals surface area contributed by atoms with Crippen LogP contribution in [0.4, 0.5) is 35.1 Å². The number of aromatic nitrogens is 2. The maximum atomic E-state index is 14.6. The molecule has 3 nitrogen and oxygen atoms in total. The molecule has 4 aromatic carbocycles. The topological polar surface area (TPSA) is 27.1 Å². The molecule has 0 fully saturated rings. The van der Waals surface area contributed by atoms with Crippen LogP contribution in [-0.2, 0) is 25.5 Å². The molecule has 0 N–H and O–H groups in total. The van der Waals surface area contributed by atoms with Gasteiger partial charge in [-0.3, -0.25) is 4.68 Å². The SMILES string of the molecule is Fc1ccc(C(F)(F)F)c(COc2cccc(-c3c4cccc(C(F)(F)F)c4nn3Cc3ccc(Cl)cc3F)c2)c1. The van der Waals surface area contributed by atoms with E-state index < -0.39 is 47.3 Å². The van der Waals surface area contributed by atoms with Crippen molar-refractivity contribution in [1.82, 2.24) is 9.78 Å². The van der Waals surface area contributed by atoms with Gasteiger partial charge in [0.05, 0.1) is 23.4 Å². The van der Waals surface area contributed by atoms with E-state index in [4.69, 9.17) is 16.3 Å². The van der Waals surface area contributed by atoms with E-state index >= 15 is 0 Å². The van der Waals surface area contributed by atoms with Gasteiger partial charge in [0.1, 0.15) is 29.5 Å². The molecular weight excluding hydrogens is 580 g/mol. The van der Waals surface area contributed by atoms with Crippen LogP contribution in [0.5, 0.6) is 5.75 Å². The molecule has 0 radical (unpaired) electrons. The van der Waals surface area contributed by atoms with Crippen molar-refractivity contribution < 1.29 is 39.9 Å². The van der Waals surface area contributed by atoms with Crippen LogP contribution in [0.1, 0.15) is 22.3 Å². The summed E-state index contributed by atoms with van der Waals surface area (Å²) >= 11 is 5.83. The third kappa shape index (κ3) is 6.00. The third-order valence-electron chi connectivity index (χ3n) is 6.29. The highest BCUT2D eigenvalue weighted by atomic mass is 35.5. The summed E-state index contributed by atoms with van der Waals surface area (Å²) in [4.78, 5) is 0. The van der Waals surface area contributed by atoms with E-state index in [2.05, 4.69) is 5.10 Å². The highest BCUT2D eigenvalue weighted by Crippen LogP contribution is 2.39. The fourth-order valence-electron chi connectivity index (χ4n) is 4.46. The van der Waals surface area contributed by atoms with E-state index in [-0.39, 0.29) is 39.5 Å². The molecule has 5 rings (SSSR count). The minimum Gasteiger partial charge on any atom is -0.489 e. The van der Waals surface area contributed by atoms with Gasteiger partial charge in [-0.25, -0.2) is 8.78 Å². The van der Waals surface area contributed by atoms with Gasteiger partial charge in [0.2, 0.25) is 0 Å². The van der Waals surface area contributed by atoms with Crippen molar-refractivity contribution in [1.29, 1.82) is 0 Å². The molecule has 0 saturated carbocycles. The molecule has 212 valence electrons. The third-order valence-corrected chi connectivity index (χ3v) is 6.52. The molecule has 0 amide bonds. The Balaban J connectivity index is 1.58. The Kier molecular flexibility index (Phi) is 7.41. The zero-order valence-corrected chi connectivity index (χ0v) is 21.4. The van der Waals surface area contributed by atoms with Crippen LogP contribution in [0.3, 0.4) is 0 Å². The molecule has 0 aliphatic carbocycles. The lowest BCUT2D eigenvalue weighted by Crippen LogP contribution is -2.11. The standard InChI is InChI=1S/C29H17ClF8N2O/c30-19-8-7-17(25(32)13-19)14-40-27(22-5-2-6-24(26(22)39-40)29(36,37)38)16-3-1-4-21(12-16)41-15-18-11-20(31)9-10-23(18)28(33,34)35/h1-13H,14-15H2. The van der Waals surface area contributed by atoms with Gasteiger partial charge in [-0.1, -0.05) is 41.9 Å². The first-order chi connectivity index (χ1) is 19.3. The van der Waals surface area contributed by atoms with Crippen molar-refractivity contribution in [3.8, 4) is 17.0 Å². The molecule has 1 heterocycles. The van der Waals surface area contributed by atoms with Crippen molar-refractivity contribution in [3.63, 3.8) is 0 Å². The molecule has 0 aliphatic rings. The predicted octanol–water partition coefficient (Wildman–Crippen LogP) is 9.30. The number of nitrogens with zero attached hydrogens (tertiary/aromatic N) is 2. The van der Waals surface area contributed by atoms with Gasteiger partial charge in [0, 0.05) is 27.1 Å². The Morgan fingerprint density at radius 1 is 0.756 bits per heavy atom. The zero-order valence-electron chi connectivity index (χ0n) is 20.6. The van der Waals surface area contributed by atoms with Crippen LogP contribution in [0.2, 0.25) is 5.02 Å². The summed E-state index contributed by atoms with van der Waals surface area (Å²) in [5.74, 6) is -1.51. The highest BCUT2D eigenvalue weighted by Gasteiger charge is 2.35. The summed E-state index contributed by atoms with van der Waals surface area (Å²) < 4.78 is 117. The lowest BCUT2D eigenvalue weighted by molar-refractivity contribution is -0.138. The molecular formula is C29H17ClF8N2O. The minimum atomic E-state index is -4.74. The average molecular weight is 597 g/mol. The van der Waals surface area contributed by atoms with Gasteiger partial charge in [0.15, 0.2) is 0 Å². The van der Waals surface area contributed by atoms with Crippen LogP contribution >= 0.6 is 11.6 Å². The first-order valence-electron chi connectivity index (χ1n) is 11.9. The lowest BCUT2D eigenvalue weighted by atomic mass is 10.0. The quantitative estimate of drug-likeness (QED) is 0.183. The summed E-state index contributed by atoms with van der Waals surface area (Å²) in [6, 6.07) is 15.3. The van der Waals surface area contributed by atoms with Gasteiger partial charge in [-0.15, -0.1) is 0 Å². The number of rotatable bonds is 6. The number of hydrogen-bond acceptors (Lipinski definition) is 2. The van der Waals surface area contributed by atoms with Gasteiger partial charge < -0.3 is 4.74 Å². The first kappa shape index (κ1) is 28.4. The summed E-state index contributed by atoms with van der Waals surface area (Å²) in [6.07, 6.45) is -9.47. The monoisotopic (exact) mass is 596 g/mol. The Morgan fingerprint density at radius 2 is 1.49 bits per heavy atom. The van der Waals surface area contributed by atoms with Crippen LogP contribution in [0.15, 0.2) is 78.9 Å². The second-order valence-corrected chi connectivity index (χ2v) is 9.49. The maximum absolute atomic E-state index is 14.6. The molecule has 0 bridgehead atoms. The fraction of sp³-hybridized carbons (Fsp3) is 0.138. The molecule has 0 atom stereocenters. The van der Waals surface area contributed by atoms with Gasteiger partial charge in [-0.05, 0) is 48.5 Å². The van der Waals surface area contributed by atoms with Crippen molar-refractivity contribution >= 4 is 22.5 Å². The molecule has 41 heavy (non-hydrogen) atoms. The second-order valence-electron chi connectivity index (χ2n) is 9.06. The number of hydrogen-bond donors (Lipinski definition) is 0. The average Bonchev–Trinajstić information content (AvgIpc) is 3.26. The number of benzene rings is 4. The predicted molar refractivity (Wildman–Crippen MR) is 136 cm³/mol. The molecule has 0 unspecified atom stereocenters. The van der Waals surface area contributed by atoms with Crippen LogP contribution in [0.25, 0.3) is 22.2 Å². The van der Waals surface area contributed by atoms with Crippen LogP contribution < -0.4 is 4.74 Å². The molecule has 0 spiro atoms. The molecule has 0 saturated heterocycles. The smallest absolute Gasteiger partial charge is 0.418 e. The first-order valence-corrected chi connectivity index (χ1v) is 12.3. The Bertz CT molecular complexity index is 1740. The maximum Gasteiger partial charge on any atom is 0.418 e. The zero-order chi connectivity index (χ0) is 29.5. The Hall–Kier alpha value is -4.12. The van der Waals surface area contributed by atoms with E-state index in [9.17, 15) is 35.1 Å². The lowest BCUT2D eigenvalue weighted by Gasteiger charge is -2.15. The molecule has 12 heteroatoms. The Labute approximate surface area is 232 Å². The summed E-state index contributed by atoms with van der Waals surface area (Å²) in [5, 5.41) is 4.42. The number of alkyl halides is 6. The number of halogens is 9. The highest BCUT2D eigenvalue weighted by molar-refractivity contribution is 6.30. The summed E-state index contributed by atoms with van der Waals surface area (Å²) in [5.41, 5.74) is -2.28. The molecule has 0 aliphatic heterocycles. The Morgan fingerprint density at radius 3 is 2.20 bits per heavy atom. The fourth-order valence-corrected chi connectivity index (χ4v) is 4.62. The van der Waals surface area contributed by atoms with Gasteiger partial charge >= 0.3 is 12.4 Å². The van der Waals surface area contributed by atoms with E-state index in [1.165, 1.54) is 47.1 Å². The van der Waals surface area contributed by atoms with Gasteiger partial charge in [-0.2, -0.15) is 31.4 Å². The largest absolute Gasteiger partial charge is 0.489 e. The molecule has 5 aromatic rings. The second kappa shape index (κ2) is 10.7. The summed E-state index contributed by atoms with van der Waals surface area (Å²) in [7, 11) is 0. The van der Waals surface area contributed by atoms with E-state index in [0.717, 1.165) is 12.1 Å². The van der Waals surface area contributed by atoms with E-state index in [0.29, 0.717) is 23.8 Å². The van der Waals surface area contributed by atoms with Crippen molar-refractivity contribution in [3.05, 3.63) is 118 Å². The van der Waals surface area contributed by atoms with Crippen molar-refractivity contribution in [2.24, 2.45) is 0 Å². The number of ether oxygens (including phenoxy) is 1. The van der Waals surface area contributed by atoms with Crippen molar-refractivity contribution in [2.75, 3.05) is 0 Å². The normalized spacial score (nSPS) is 12.2.